The van der Waals surface area contributed by atoms with Crippen molar-refractivity contribution in [2.75, 3.05) is 0 Å². The molecule has 1 heterocycles. The molecule has 0 fully saturated rings. The Labute approximate surface area is 294 Å². The van der Waals surface area contributed by atoms with Crippen LogP contribution < -0.4 is 0 Å². The molecule has 0 N–H and O–H groups in total. The topological polar surface area (TPSA) is 76.3 Å². The van der Waals surface area contributed by atoms with E-state index in [-0.39, 0.29) is 0 Å². The van der Waals surface area contributed by atoms with Gasteiger partial charge in [0.25, 0.3) is 0 Å². The number of para-hydroxylation sites is 1. The van der Waals surface area contributed by atoms with Gasteiger partial charge in [-0.2, -0.15) is 15.8 Å². The number of rotatable bonds is 4. The Morgan fingerprint density at radius 3 is 1.47 bits per heavy atom. The minimum absolute atomic E-state index is 0.498. The van der Waals surface area contributed by atoms with Crippen LogP contribution in [0.15, 0.2) is 158 Å². The molecule has 0 aliphatic heterocycles. The molecular weight excluding hydrogens is 621 g/mol. The van der Waals surface area contributed by atoms with Gasteiger partial charge in [-0.3, -0.25) is 0 Å². The van der Waals surface area contributed by atoms with E-state index in [9.17, 15) is 15.8 Å². The van der Waals surface area contributed by atoms with Crippen LogP contribution in [0.2, 0.25) is 0 Å². The van der Waals surface area contributed by atoms with Crippen LogP contribution in [0.4, 0.5) is 0 Å². The van der Waals surface area contributed by atoms with E-state index >= 15 is 0 Å². The number of hydrogen-bond acceptors (Lipinski definition) is 3. The van der Waals surface area contributed by atoms with Gasteiger partial charge in [-0.25, -0.2) is 0 Å². The summed E-state index contributed by atoms with van der Waals surface area (Å²) in [6.45, 7) is 0. The van der Waals surface area contributed by atoms with Crippen LogP contribution in [0.25, 0.3) is 82.4 Å². The van der Waals surface area contributed by atoms with Gasteiger partial charge in [0.1, 0.15) is 0 Å². The van der Waals surface area contributed by atoms with E-state index in [1.165, 1.54) is 0 Å². The molecule has 0 bridgehead atoms. The Balaban J connectivity index is 1.32. The third-order valence-electron chi connectivity index (χ3n) is 9.91. The largest absolute Gasteiger partial charge is 0.309 e. The summed E-state index contributed by atoms with van der Waals surface area (Å²) in [6, 6.07) is 60.1. The van der Waals surface area contributed by atoms with E-state index in [4.69, 9.17) is 0 Å². The van der Waals surface area contributed by atoms with Gasteiger partial charge in [0, 0.05) is 27.6 Å². The molecule has 4 heteroatoms. The maximum absolute atomic E-state index is 10.6. The third kappa shape index (κ3) is 4.58. The monoisotopic (exact) mass is 646 g/mol. The van der Waals surface area contributed by atoms with E-state index in [0.717, 1.165) is 82.4 Å². The number of hydrogen-bond donors (Lipinski definition) is 0. The van der Waals surface area contributed by atoms with E-state index < -0.39 is 0 Å². The first-order valence-corrected chi connectivity index (χ1v) is 16.7. The van der Waals surface area contributed by atoms with E-state index in [0.29, 0.717) is 16.7 Å². The van der Waals surface area contributed by atoms with Crippen molar-refractivity contribution in [3.05, 3.63) is 174 Å². The predicted octanol–water partition coefficient (Wildman–Crippen LogP) is 11.7. The molecule has 0 aliphatic rings. The first-order valence-electron chi connectivity index (χ1n) is 16.7. The van der Waals surface area contributed by atoms with Gasteiger partial charge >= 0.3 is 0 Å². The molecule has 0 saturated heterocycles. The molecule has 8 aromatic carbocycles. The summed E-state index contributed by atoms with van der Waals surface area (Å²) < 4.78 is 2.21. The van der Waals surface area contributed by atoms with Gasteiger partial charge in [-0.1, -0.05) is 109 Å². The minimum Gasteiger partial charge on any atom is -0.309 e. The highest BCUT2D eigenvalue weighted by atomic mass is 15.0. The number of nitriles is 3. The van der Waals surface area contributed by atoms with Crippen molar-refractivity contribution < 1.29 is 0 Å². The average Bonchev–Trinajstić information content (AvgIpc) is 3.53. The molecule has 0 spiro atoms. The molecule has 9 rings (SSSR count). The lowest BCUT2D eigenvalue weighted by atomic mass is 9.81. The van der Waals surface area contributed by atoms with Crippen molar-refractivity contribution >= 4 is 43.4 Å². The molecule has 9 aromatic rings. The zero-order valence-corrected chi connectivity index (χ0v) is 27.3. The summed E-state index contributed by atoms with van der Waals surface area (Å²) in [5.74, 6) is 0. The molecule has 0 aliphatic carbocycles. The Kier molecular flexibility index (Phi) is 6.93. The number of nitrogens with zero attached hydrogens (tertiary/aromatic N) is 4. The second-order valence-corrected chi connectivity index (χ2v) is 12.6. The second kappa shape index (κ2) is 11.9. The van der Waals surface area contributed by atoms with Gasteiger partial charge in [0.15, 0.2) is 0 Å². The molecule has 51 heavy (non-hydrogen) atoms. The Bertz CT molecular complexity index is 2930. The van der Waals surface area contributed by atoms with Crippen LogP contribution in [0, 0.1) is 34.0 Å². The maximum Gasteiger partial charge on any atom is 0.0998 e. The molecule has 0 saturated carbocycles. The van der Waals surface area contributed by atoms with Crippen molar-refractivity contribution in [2.24, 2.45) is 0 Å². The van der Waals surface area contributed by atoms with Crippen molar-refractivity contribution in [3.8, 4) is 57.3 Å². The molecule has 0 radical (unpaired) electrons. The first-order chi connectivity index (χ1) is 25.2. The fraction of sp³-hybridized carbons (Fsp3) is 0. The predicted molar refractivity (Wildman–Crippen MR) is 206 cm³/mol. The average molecular weight is 647 g/mol. The van der Waals surface area contributed by atoms with Crippen molar-refractivity contribution in [1.29, 1.82) is 15.8 Å². The van der Waals surface area contributed by atoms with E-state index in [1.54, 1.807) is 12.1 Å². The quantitative estimate of drug-likeness (QED) is 0.179. The molecule has 0 unspecified atom stereocenters. The molecule has 1 aromatic heterocycles. The number of fused-ring (bicyclic) bond motifs is 5. The molecule has 234 valence electrons. The molecule has 0 atom stereocenters. The van der Waals surface area contributed by atoms with E-state index in [2.05, 4.69) is 108 Å². The smallest absolute Gasteiger partial charge is 0.0998 e. The lowest BCUT2D eigenvalue weighted by molar-refractivity contribution is 1.18. The number of aromatic nitrogens is 1. The van der Waals surface area contributed by atoms with Gasteiger partial charge in [-0.05, 0) is 92.3 Å². The highest BCUT2D eigenvalue weighted by Gasteiger charge is 2.24. The summed E-state index contributed by atoms with van der Waals surface area (Å²) in [5, 5.41) is 37.1. The van der Waals surface area contributed by atoms with Crippen LogP contribution in [0.5, 0.6) is 0 Å². The molecular formula is C47H26N4. The standard InChI is InChI=1S/C47H26N4/c48-27-30-18-25-43-41(26-30)36-12-8-9-17-42(36)51(43)35-23-21-32(22-24-35)44-33(28-49)19-20-34(29-50)46(44)47-39-15-6-4-13-37(39)45(31-10-2-1-3-11-31)38-14-5-7-16-40(38)47/h1-26H. The fourth-order valence-electron chi connectivity index (χ4n) is 7.76. The van der Waals surface area contributed by atoms with Crippen LogP contribution in [0.1, 0.15) is 16.7 Å². The summed E-state index contributed by atoms with van der Waals surface area (Å²) in [5.41, 5.74) is 10.1. The highest BCUT2D eigenvalue weighted by molar-refractivity contribution is 6.23. The second-order valence-electron chi connectivity index (χ2n) is 12.6. The van der Waals surface area contributed by atoms with Crippen LogP contribution >= 0.6 is 0 Å². The molecule has 0 amide bonds. The SMILES string of the molecule is N#Cc1ccc2c(c1)c1ccccc1n2-c1ccc(-c2c(C#N)ccc(C#N)c2-c2c3ccccc3c(-c3ccccc3)c3ccccc23)cc1. The Hall–Kier alpha value is -7.45. The fourth-order valence-corrected chi connectivity index (χ4v) is 7.76. The zero-order valence-electron chi connectivity index (χ0n) is 27.3. The van der Waals surface area contributed by atoms with Gasteiger partial charge in [0.05, 0.1) is 45.9 Å². The van der Waals surface area contributed by atoms with Gasteiger partial charge < -0.3 is 4.57 Å². The van der Waals surface area contributed by atoms with E-state index in [1.807, 2.05) is 60.7 Å². The minimum atomic E-state index is 0.498. The van der Waals surface area contributed by atoms with Crippen LogP contribution in [0.3, 0.4) is 0 Å². The van der Waals surface area contributed by atoms with Crippen molar-refractivity contribution in [3.63, 3.8) is 0 Å². The van der Waals surface area contributed by atoms with Gasteiger partial charge in [0.2, 0.25) is 0 Å². The summed E-state index contributed by atoms with van der Waals surface area (Å²) in [7, 11) is 0. The number of benzene rings is 8. The lowest BCUT2D eigenvalue weighted by Gasteiger charge is -2.21. The summed E-state index contributed by atoms with van der Waals surface area (Å²) >= 11 is 0. The van der Waals surface area contributed by atoms with Crippen LogP contribution in [-0.2, 0) is 0 Å². The Morgan fingerprint density at radius 1 is 0.353 bits per heavy atom. The van der Waals surface area contributed by atoms with Crippen LogP contribution in [-0.4, -0.2) is 4.57 Å². The summed E-state index contributed by atoms with van der Waals surface area (Å²) in [4.78, 5) is 0. The highest BCUT2D eigenvalue weighted by Crippen LogP contribution is 2.48. The normalized spacial score (nSPS) is 11.1. The lowest BCUT2D eigenvalue weighted by Crippen LogP contribution is -1.98. The van der Waals surface area contributed by atoms with Gasteiger partial charge in [-0.15, -0.1) is 0 Å². The third-order valence-corrected chi connectivity index (χ3v) is 9.91. The maximum atomic E-state index is 10.6. The summed E-state index contributed by atoms with van der Waals surface area (Å²) in [6.07, 6.45) is 0. The van der Waals surface area contributed by atoms with Crippen molar-refractivity contribution in [1.82, 2.24) is 4.57 Å². The zero-order chi connectivity index (χ0) is 34.5. The van der Waals surface area contributed by atoms with Crippen molar-refractivity contribution in [2.45, 2.75) is 0 Å². The first kappa shape index (κ1) is 29.7. The Morgan fingerprint density at radius 2 is 0.863 bits per heavy atom. The molecule has 4 nitrogen and oxygen atoms in total.